The molecular weight excluding hydrogens is 252 g/mol. The number of non-ortho nitro benzene ring substituents is 1. The van der Waals surface area contributed by atoms with Gasteiger partial charge in [-0.2, -0.15) is 0 Å². The van der Waals surface area contributed by atoms with Gasteiger partial charge in [0, 0.05) is 49.2 Å². The zero-order valence-electron chi connectivity index (χ0n) is 9.95. The number of nitrogens with one attached hydrogen (secondary N) is 1. The van der Waals surface area contributed by atoms with Crippen molar-refractivity contribution in [1.82, 2.24) is 9.55 Å². The van der Waals surface area contributed by atoms with Crippen LogP contribution in [0, 0.1) is 10.1 Å². The summed E-state index contributed by atoms with van der Waals surface area (Å²) in [6.45, 7) is 0. The molecule has 94 valence electrons. The quantitative estimate of drug-likeness (QED) is 0.678. The van der Waals surface area contributed by atoms with Gasteiger partial charge in [0.05, 0.1) is 4.92 Å². The van der Waals surface area contributed by atoms with Crippen LogP contribution >= 0.6 is 11.8 Å². The monoisotopic (exact) mass is 264 g/mol. The maximum atomic E-state index is 10.8. The van der Waals surface area contributed by atoms with E-state index in [4.69, 9.17) is 0 Å². The minimum absolute atomic E-state index is 0.0681. The molecule has 1 N–H and O–H groups in total. The number of nitro groups is 1. The van der Waals surface area contributed by atoms with Crippen LogP contribution < -0.4 is 5.32 Å². The van der Waals surface area contributed by atoms with E-state index in [1.807, 2.05) is 23.9 Å². The van der Waals surface area contributed by atoms with E-state index in [0.717, 1.165) is 10.1 Å². The first-order valence-electron chi connectivity index (χ1n) is 5.22. The molecule has 1 aromatic carbocycles. The van der Waals surface area contributed by atoms with Crippen molar-refractivity contribution >= 4 is 23.1 Å². The zero-order chi connectivity index (χ0) is 13.1. The first-order valence-corrected chi connectivity index (χ1v) is 6.04. The van der Waals surface area contributed by atoms with Crippen molar-refractivity contribution in [3.8, 4) is 0 Å². The minimum Gasteiger partial charge on any atom is -0.388 e. The Morgan fingerprint density at radius 2 is 2.22 bits per heavy atom. The molecular formula is C11H12N4O2S. The first kappa shape index (κ1) is 12.4. The molecule has 6 nitrogen and oxygen atoms in total. The van der Waals surface area contributed by atoms with Gasteiger partial charge in [0.1, 0.15) is 0 Å². The lowest BCUT2D eigenvalue weighted by Crippen LogP contribution is -1.94. The SMILES string of the molecule is CNc1cc(Sc2nccn2C)cc([N+](=O)[O-])c1. The van der Waals surface area contributed by atoms with Crippen LogP contribution in [0.4, 0.5) is 11.4 Å². The number of nitrogens with zero attached hydrogens (tertiary/aromatic N) is 3. The van der Waals surface area contributed by atoms with Gasteiger partial charge in [0.15, 0.2) is 5.16 Å². The predicted molar refractivity (Wildman–Crippen MR) is 70.0 cm³/mol. The lowest BCUT2D eigenvalue weighted by Gasteiger charge is -2.05. The normalized spacial score (nSPS) is 10.3. The van der Waals surface area contributed by atoms with Crippen molar-refractivity contribution in [2.75, 3.05) is 12.4 Å². The number of anilines is 1. The van der Waals surface area contributed by atoms with E-state index in [9.17, 15) is 10.1 Å². The molecule has 0 radical (unpaired) electrons. The number of nitro benzene ring substituents is 1. The summed E-state index contributed by atoms with van der Waals surface area (Å²) in [7, 11) is 3.61. The van der Waals surface area contributed by atoms with Crippen molar-refractivity contribution in [1.29, 1.82) is 0 Å². The number of benzene rings is 1. The molecule has 0 spiro atoms. The smallest absolute Gasteiger partial charge is 0.272 e. The third kappa shape index (κ3) is 2.62. The molecule has 0 bridgehead atoms. The van der Waals surface area contributed by atoms with E-state index in [2.05, 4.69) is 10.3 Å². The molecule has 7 heteroatoms. The van der Waals surface area contributed by atoms with Gasteiger partial charge in [-0.1, -0.05) is 11.8 Å². The molecule has 0 unspecified atom stereocenters. The standard InChI is InChI=1S/C11H12N4O2S/c1-12-8-5-9(15(16)17)7-10(6-8)18-11-13-3-4-14(11)2/h3-7,12H,1-2H3. The Morgan fingerprint density at radius 3 is 2.78 bits per heavy atom. The van der Waals surface area contributed by atoms with E-state index in [1.54, 1.807) is 19.3 Å². The van der Waals surface area contributed by atoms with Crippen LogP contribution in [0.3, 0.4) is 0 Å². The summed E-state index contributed by atoms with van der Waals surface area (Å²) in [5.41, 5.74) is 0.777. The summed E-state index contributed by atoms with van der Waals surface area (Å²) in [6.07, 6.45) is 3.53. The number of hydrogen-bond donors (Lipinski definition) is 1. The van der Waals surface area contributed by atoms with E-state index >= 15 is 0 Å². The van der Waals surface area contributed by atoms with Crippen LogP contribution in [-0.4, -0.2) is 21.5 Å². The van der Waals surface area contributed by atoms with Crippen molar-refractivity contribution in [2.45, 2.75) is 10.1 Å². The Kier molecular flexibility index (Phi) is 3.52. The molecule has 0 amide bonds. The largest absolute Gasteiger partial charge is 0.388 e. The second-order valence-electron chi connectivity index (χ2n) is 3.65. The molecule has 0 saturated carbocycles. The molecule has 18 heavy (non-hydrogen) atoms. The Bertz CT molecular complexity index is 582. The number of rotatable bonds is 4. The molecule has 2 rings (SSSR count). The molecule has 2 aromatic rings. The number of hydrogen-bond acceptors (Lipinski definition) is 5. The maximum absolute atomic E-state index is 10.8. The molecule has 0 fully saturated rings. The Morgan fingerprint density at radius 1 is 1.44 bits per heavy atom. The summed E-state index contributed by atoms with van der Waals surface area (Å²) in [4.78, 5) is 15.4. The van der Waals surface area contributed by atoms with Crippen molar-refractivity contribution < 1.29 is 4.92 Å². The number of imidazole rings is 1. The number of aromatic nitrogens is 2. The minimum atomic E-state index is -0.399. The van der Waals surface area contributed by atoms with Gasteiger partial charge < -0.3 is 9.88 Å². The van der Waals surface area contributed by atoms with Gasteiger partial charge in [-0.3, -0.25) is 10.1 Å². The fourth-order valence-electron chi connectivity index (χ4n) is 1.45. The molecule has 0 saturated heterocycles. The third-order valence-corrected chi connectivity index (χ3v) is 3.42. The van der Waals surface area contributed by atoms with Crippen molar-refractivity contribution in [3.63, 3.8) is 0 Å². The van der Waals surface area contributed by atoms with Gasteiger partial charge in [-0.05, 0) is 6.07 Å². The van der Waals surface area contributed by atoms with Crippen molar-refractivity contribution in [2.24, 2.45) is 7.05 Å². The van der Waals surface area contributed by atoms with Crippen LogP contribution in [-0.2, 0) is 7.05 Å². The van der Waals surface area contributed by atoms with Gasteiger partial charge in [0.2, 0.25) is 0 Å². The summed E-state index contributed by atoms with van der Waals surface area (Å²) in [5.74, 6) is 0. The average molecular weight is 264 g/mol. The molecule has 0 aliphatic rings. The molecule has 0 atom stereocenters. The Hall–Kier alpha value is -2.02. The summed E-state index contributed by atoms with van der Waals surface area (Å²) in [5, 5.41) is 14.5. The van der Waals surface area contributed by atoms with Gasteiger partial charge in [-0.15, -0.1) is 0 Å². The third-order valence-electron chi connectivity index (χ3n) is 2.38. The molecule has 0 aliphatic heterocycles. The summed E-state index contributed by atoms with van der Waals surface area (Å²) >= 11 is 1.39. The molecule has 1 aromatic heterocycles. The zero-order valence-corrected chi connectivity index (χ0v) is 10.8. The molecule has 0 aliphatic carbocycles. The Labute approximate surface area is 108 Å². The fraction of sp³-hybridized carbons (Fsp3) is 0.182. The topological polar surface area (TPSA) is 73.0 Å². The number of aryl methyl sites for hydroxylation is 1. The summed E-state index contributed by atoms with van der Waals surface area (Å²) in [6, 6.07) is 4.90. The van der Waals surface area contributed by atoms with Gasteiger partial charge in [0.25, 0.3) is 5.69 Å². The second-order valence-corrected chi connectivity index (χ2v) is 4.69. The lowest BCUT2D eigenvalue weighted by atomic mass is 10.3. The lowest BCUT2D eigenvalue weighted by molar-refractivity contribution is -0.385. The van der Waals surface area contributed by atoms with Gasteiger partial charge >= 0.3 is 0 Å². The first-order chi connectivity index (χ1) is 8.60. The van der Waals surface area contributed by atoms with Crippen molar-refractivity contribution in [3.05, 3.63) is 40.7 Å². The van der Waals surface area contributed by atoms with E-state index in [1.165, 1.54) is 17.8 Å². The second kappa shape index (κ2) is 5.09. The van der Waals surface area contributed by atoms with E-state index < -0.39 is 4.92 Å². The van der Waals surface area contributed by atoms with Crippen LogP contribution in [0.1, 0.15) is 0 Å². The fourth-order valence-corrected chi connectivity index (χ4v) is 2.34. The Balaban J connectivity index is 2.35. The highest BCUT2D eigenvalue weighted by atomic mass is 32.2. The van der Waals surface area contributed by atoms with E-state index in [-0.39, 0.29) is 5.69 Å². The van der Waals surface area contributed by atoms with Gasteiger partial charge in [-0.25, -0.2) is 4.98 Å². The highest BCUT2D eigenvalue weighted by Crippen LogP contribution is 2.31. The van der Waals surface area contributed by atoms with Crippen LogP contribution in [0.2, 0.25) is 0 Å². The van der Waals surface area contributed by atoms with E-state index in [0.29, 0.717) is 5.69 Å². The average Bonchev–Trinajstić information content (AvgIpc) is 2.74. The van der Waals surface area contributed by atoms with Crippen LogP contribution in [0.25, 0.3) is 0 Å². The molecule has 1 heterocycles. The summed E-state index contributed by atoms with van der Waals surface area (Å²) < 4.78 is 1.86. The highest BCUT2D eigenvalue weighted by molar-refractivity contribution is 7.99. The predicted octanol–water partition coefficient (Wildman–Crippen LogP) is 2.52. The highest BCUT2D eigenvalue weighted by Gasteiger charge is 2.11. The maximum Gasteiger partial charge on any atom is 0.272 e. The van der Waals surface area contributed by atoms with Crippen LogP contribution in [0.5, 0.6) is 0 Å². The van der Waals surface area contributed by atoms with Crippen LogP contribution in [0.15, 0.2) is 40.6 Å².